The summed E-state index contributed by atoms with van der Waals surface area (Å²) in [5.41, 5.74) is 15.8. The normalized spacial score (nSPS) is 13.3. The van der Waals surface area contributed by atoms with Crippen LogP contribution >= 0.6 is 19.1 Å². The maximum atomic E-state index is 4.81. The van der Waals surface area contributed by atoms with Gasteiger partial charge in [0, 0.05) is 27.2 Å². The molecule has 0 saturated heterocycles. The third kappa shape index (κ3) is 7.89. The maximum absolute atomic E-state index is 4.81. The third-order valence-electron chi connectivity index (χ3n) is 7.92. The van der Waals surface area contributed by atoms with E-state index in [2.05, 4.69) is 147 Å². The molecule has 0 spiro atoms. The van der Waals surface area contributed by atoms with E-state index in [0.29, 0.717) is 0 Å². The Bertz CT molecular complexity index is 1400. The van der Waals surface area contributed by atoms with E-state index in [1.54, 1.807) is 0 Å². The SMILES string of the molecule is Cc1cc(C)c(CN2[C]N(C)c3ccccc32)c(C)c1.Cc1cc(C)c(CN2[C]N(C)c3ccccc32)c(C)c1.[Cl][Pd][Cl]. The first-order chi connectivity index (χ1) is 20.5. The molecule has 0 atom stereocenters. The van der Waals surface area contributed by atoms with Crippen molar-refractivity contribution < 1.29 is 15.9 Å². The molecule has 4 nitrogen and oxygen atoms in total. The Hall–Kier alpha value is -2.68. The zero-order valence-corrected chi connectivity index (χ0v) is 29.3. The quantitative estimate of drug-likeness (QED) is 0.196. The van der Waals surface area contributed by atoms with Crippen LogP contribution in [0.25, 0.3) is 0 Å². The van der Waals surface area contributed by atoms with E-state index in [4.69, 9.17) is 19.1 Å². The zero-order valence-electron chi connectivity index (χ0n) is 26.2. The predicted molar refractivity (Wildman–Crippen MR) is 182 cm³/mol. The van der Waals surface area contributed by atoms with Gasteiger partial charge in [0.25, 0.3) is 0 Å². The van der Waals surface area contributed by atoms with Gasteiger partial charge in [0.15, 0.2) is 0 Å². The monoisotopic (exact) mass is 704 g/mol. The Morgan fingerprint density at radius 3 is 1.12 bits per heavy atom. The van der Waals surface area contributed by atoms with E-state index in [1.807, 2.05) is 14.1 Å². The van der Waals surface area contributed by atoms with Gasteiger partial charge in [-0.05, 0) is 99.2 Å². The van der Waals surface area contributed by atoms with Crippen molar-refractivity contribution in [3.8, 4) is 0 Å². The molecule has 4 aromatic carbocycles. The number of halogens is 2. The molecule has 2 aliphatic heterocycles. The molecule has 0 fully saturated rings. The zero-order chi connectivity index (χ0) is 31.3. The van der Waals surface area contributed by atoms with Crippen LogP contribution in [0.3, 0.4) is 0 Å². The summed E-state index contributed by atoms with van der Waals surface area (Å²) >= 11 is -0.106. The number of hydrogen-bond acceptors (Lipinski definition) is 4. The number of aryl methyl sites for hydroxylation is 6. The first kappa shape index (κ1) is 33.2. The van der Waals surface area contributed by atoms with Gasteiger partial charge >= 0.3 is 35.0 Å². The molecule has 4 aromatic rings. The molecule has 0 saturated carbocycles. The van der Waals surface area contributed by atoms with Crippen LogP contribution in [0, 0.1) is 54.9 Å². The Morgan fingerprint density at radius 1 is 0.535 bits per heavy atom. The molecule has 0 aromatic heterocycles. The first-order valence-corrected chi connectivity index (χ1v) is 18.2. The van der Waals surface area contributed by atoms with Gasteiger partial charge in [-0.1, -0.05) is 59.7 Å². The Balaban J connectivity index is 0.000000181. The molecule has 0 amide bonds. The molecule has 2 aliphatic rings. The van der Waals surface area contributed by atoms with E-state index < -0.39 is 0 Å². The van der Waals surface area contributed by atoms with Crippen LogP contribution in [0.15, 0.2) is 72.8 Å². The van der Waals surface area contributed by atoms with E-state index in [9.17, 15) is 0 Å². The van der Waals surface area contributed by atoms with Crippen LogP contribution in [-0.4, -0.2) is 14.1 Å². The molecule has 43 heavy (non-hydrogen) atoms. The summed E-state index contributed by atoms with van der Waals surface area (Å²) in [5.74, 6) is 0. The number of fused-ring (bicyclic) bond motifs is 2. The van der Waals surface area contributed by atoms with Crippen LogP contribution in [0.1, 0.15) is 44.5 Å². The van der Waals surface area contributed by atoms with Crippen LogP contribution in [0.5, 0.6) is 0 Å². The van der Waals surface area contributed by atoms with Crippen molar-refractivity contribution in [3.63, 3.8) is 0 Å². The number of anilines is 4. The minimum absolute atomic E-state index is 0.106. The fraction of sp³-hybridized carbons (Fsp3) is 0.278. The summed E-state index contributed by atoms with van der Waals surface area (Å²) in [4.78, 5) is 8.54. The van der Waals surface area contributed by atoms with Crippen LogP contribution in [0.2, 0.25) is 0 Å². The van der Waals surface area contributed by atoms with E-state index >= 15 is 0 Å². The molecular weight excluding hydrogens is 666 g/mol. The second kappa shape index (κ2) is 14.9. The molecule has 4 radical (unpaired) electrons. The van der Waals surface area contributed by atoms with Gasteiger partial charge in [0.05, 0.1) is 22.7 Å². The van der Waals surface area contributed by atoms with Crippen LogP contribution < -0.4 is 19.6 Å². The second-order valence-electron chi connectivity index (χ2n) is 11.3. The molecule has 7 heteroatoms. The number of benzene rings is 4. The van der Waals surface area contributed by atoms with Gasteiger partial charge in [-0.15, -0.1) is 0 Å². The standard InChI is InChI=1S/2C18H20N2.2ClH.Pd/c2*1-13-9-14(2)16(15(3)10-13)11-20-12-19(4)17-7-5-6-8-18(17)20;;;/h2*5-10H,11H2,1-4H3;2*1H;/q;;;;+2/p-2. The number of nitrogens with zero attached hydrogens (tertiary/aromatic N) is 4. The van der Waals surface area contributed by atoms with Crippen LogP contribution in [0.4, 0.5) is 22.7 Å². The van der Waals surface area contributed by atoms with E-state index in [1.165, 1.54) is 67.3 Å². The Morgan fingerprint density at radius 2 is 0.814 bits per heavy atom. The van der Waals surface area contributed by atoms with Gasteiger partial charge in [0.2, 0.25) is 13.3 Å². The Kier molecular flexibility index (Phi) is 11.5. The van der Waals surface area contributed by atoms with Crippen LogP contribution in [-0.2, 0) is 29.0 Å². The van der Waals surface area contributed by atoms with Crippen molar-refractivity contribution in [1.29, 1.82) is 0 Å². The van der Waals surface area contributed by atoms with Gasteiger partial charge in [-0.25, -0.2) is 0 Å². The molecule has 0 N–H and O–H groups in total. The van der Waals surface area contributed by atoms with Gasteiger partial charge in [-0.2, -0.15) is 0 Å². The molecular formula is C36H40Cl2N4Pd. The van der Waals surface area contributed by atoms with Crippen molar-refractivity contribution in [3.05, 3.63) is 131 Å². The molecule has 6 rings (SSSR count). The second-order valence-corrected chi connectivity index (χ2v) is 13.6. The summed E-state index contributed by atoms with van der Waals surface area (Å²) in [6.07, 6.45) is 0. The van der Waals surface area contributed by atoms with Gasteiger partial charge in [0.1, 0.15) is 0 Å². The predicted octanol–water partition coefficient (Wildman–Crippen LogP) is 9.51. The number of hydrogen-bond donors (Lipinski definition) is 0. The first-order valence-electron chi connectivity index (χ1n) is 14.2. The summed E-state index contributed by atoms with van der Waals surface area (Å²) in [6, 6.07) is 25.9. The average Bonchev–Trinajstić information content (AvgIpc) is 3.45. The molecule has 0 bridgehead atoms. The van der Waals surface area contributed by atoms with Gasteiger partial charge in [-0.3, -0.25) is 0 Å². The Labute approximate surface area is 275 Å². The minimum atomic E-state index is -0.106. The van der Waals surface area contributed by atoms with Crippen molar-refractivity contribution in [2.45, 2.75) is 54.6 Å². The van der Waals surface area contributed by atoms with Gasteiger partial charge < -0.3 is 19.6 Å². The average molecular weight is 706 g/mol. The molecule has 0 aliphatic carbocycles. The molecule has 2 heterocycles. The van der Waals surface area contributed by atoms with E-state index in [-0.39, 0.29) is 15.9 Å². The van der Waals surface area contributed by atoms with Crippen molar-refractivity contribution >= 4 is 41.8 Å². The summed E-state index contributed by atoms with van der Waals surface area (Å²) in [7, 11) is 13.7. The summed E-state index contributed by atoms with van der Waals surface area (Å²) < 4.78 is 0. The fourth-order valence-electron chi connectivity index (χ4n) is 6.01. The van der Waals surface area contributed by atoms with Crippen molar-refractivity contribution in [1.82, 2.24) is 0 Å². The molecule has 228 valence electrons. The summed E-state index contributed by atoms with van der Waals surface area (Å²) in [6.45, 7) is 21.6. The van der Waals surface area contributed by atoms with Crippen molar-refractivity contribution in [2.75, 3.05) is 33.7 Å². The van der Waals surface area contributed by atoms with E-state index in [0.717, 1.165) is 13.1 Å². The number of rotatable bonds is 4. The topological polar surface area (TPSA) is 13.0 Å². The number of para-hydroxylation sites is 4. The fourth-order valence-corrected chi connectivity index (χ4v) is 6.01. The third-order valence-corrected chi connectivity index (χ3v) is 7.92. The van der Waals surface area contributed by atoms with Crippen molar-refractivity contribution in [2.24, 2.45) is 0 Å². The molecule has 0 unspecified atom stereocenters. The summed E-state index contributed by atoms with van der Waals surface area (Å²) in [5, 5.41) is 0.